The van der Waals surface area contributed by atoms with Gasteiger partial charge in [0.15, 0.2) is 0 Å². The van der Waals surface area contributed by atoms with Gasteiger partial charge >= 0.3 is 12.1 Å². The normalized spacial score (nSPS) is 13.2. The predicted octanol–water partition coefficient (Wildman–Crippen LogP) is 2.28. The molecule has 0 aromatic heterocycles. The molecule has 1 aromatic rings. The first-order valence-corrected chi connectivity index (χ1v) is 5.54. The van der Waals surface area contributed by atoms with E-state index < -0.39 is 41.6 Å². The van der Waals surface area contributed by atoms with E-state index in [4.69, 9.17) is 5.73 Å². The van der Waals surface area contributed by atoms with Crippen LogP contribution in [0.3, 0.4) is 0 Å². The monoisotopic (exact) mass is 279 g/mol. The lowest BCUT2D eigenvalue weighted by molar-refractivity contribution is -0.145. The van der Waals surface area contributed by atoms with Crippen molar-refractivity contribution in [2.45, 2.75) is 25.6 Å². The summed E-state index contributed by atoms with van der Waals surface area (Å²) in [6.07, 6.45) is -5.27. The smallest absolute Gasteiger partial charge is 0.416 e. The number of hydrogen-bond donors (Lipinski definition) is 1. The minimum atomic E-state index is -4.70. The first-order chi connectivity index (χ1) is 8.77. The van der Waals surface area contributed by atoms with Gasteiger partial charge in [-0.05, 0) is 19.1 Å². The molecule has 2 N–H and O–H groups in total. The fraction of sp³-hybridized carbons (Fsp3) is 0.417. The van der Waals surface area contributed by atoms with Gasteiger partial charge in [0.2, 0.25) is 0 Å². The molecule has 106 valence electrons. The molecule has 0 heterocycles. The molecule has 0 bridgehead atoms. The number of carbonyl (C=O) groups excluding carboxylic acids is 1. The van der Waals surface area contributed by atoms with E-state index in [1.807, 2.05) is 0 Å². The summed E-state index contributed by atoms with van der Waals surface area (Å²) in [5.74, 6) is -1.91. The van der Waals surface area contributed by atoms with Crippen molar-refractivity contribution in [3.8, 4) is 0 Å². The Kier molecular flexibility index (Phi) is 4.88. The van der Waals surface area contributed by atoms with Gasteiger partial charge in [-0.15, -0.1) is 0 Å². The second-order valence-corrected chi connectivity index (χ2v) is 3.83. The van der Waals surface area contributed by atoms with Gasteiger partial charge in [-0.2, -0.15) is 13.2 Å². The van der Waals surface area contributed by atoms with E-state index in [0.29, 0.717) is 0 Å². The molecule has 0 aliphatic carbocycles. The second kappa shape index (κ2) is 6.01. The lowest BCUT2D eigenvalue weighted by Crippen LogP contribution is -2.35. The number of ether oxygens (including phenoxy) is 1. The Bertz CT molecular complexity index is 460. The van der Waals surface area contributed by atoms with Crippen molar-refractivity contribution in [2.75, 3.05) is 6.61 Å². The topological polar surface area (TPSA) is 52.3 Å². The van der Waals surface area contributed by atoms with Crippen LogP contribution < -0.4 is 5.73 Å². The van der Waals surface area contributed by atoms with E-state index in [0.717, 1.165) is 18.2 Å². The molecule has 0 aliphatic heterocycles. The first kappa shape index (κ1) is 15.4. The van der Waals surface area contributed by atoms with Gasteiger partial charge in [0.25, 0.3) is 0 Å². The number of alkyl halides is 3. The van der Waals surface area contributed by atoms with Crippen LogP contribution in [0.2, 0.25) is 0 Å². The third-order valence-electron chi connectivity index (χ3n) is 2.44. The molecule has 0 radical (unpaired) electrons. The molecule has 0 saturated carbocycles. The summed E-state index contributed by atoms with van der Waals surface area (Å²) in [7, 11) is 0. The lowest BCUT2D eigenvalue weighted by atomic mass is 9.99. The minimum absolute atomic E-state index is 0.0515. The number of carbonyl (C=O) groups is 1. The maximum atomic E-state index is 13.5. The Hall–Kier alpha value is -1.63. The number of benzene rings is 1. The van der Waals surface area contributed by atoms with Crippen molar-refractivity contribution in [3.63, 3.8) is 0 Å². The van der Waals surface area contributed by atoms with Gasteiger partial charge in [0, 0.05) is 12.0 Å². The van der Waals surface area contributed by atoms with Crippen molar-refractivity contribution >= 4 is 5.97 Å². The Balaban J connectivity index is 3.03. The van der Waals surface area contributed by atoms with E-state index in [1.54, 1.807) is 0 Å². The molecule has 3 nitrogen and oxygen atoms in total. The number of esters is 1. The number of rotatable bonds is 4. The molecule has 0 spiro atoms. The van der Waals surface area contributed by atoms with Crippen LogP contribution in [0.1, 0.15) is 18.1 Å². The highest BCUT2D eigenvalue weighted by atomic mass is 19.4. The molecule has 19 heavy (non-hydrogen) atoms. The van der Waals surface area contributed by atoms with Crippen molar-refractivity contribution < 1.29 is 27.1 Å². The lowest BCUT2D eigenvalue weighted by Gasteiger charge is -2.16. The average Bonchev–Trinajstić information content (AvgIpc) is 2.30. The minimum Gasteiger partial charge on any atom is -0.465 e. The molecule has 1 atom stereocenters. The van der Waals surface area contributed by atoms with Crippen LogP contribution in [0.25, 0.3) is 0 Å². The van der Waals surface area contributed by atoms with Crippen LogP contribution in [0.5, 0.6) is 0 Å². The highest BCUT2D eigenvalue weighted by Crippen LogP contribution is 2.33. The van der Waals surface area contributed by atoms with Crippen LogP contribution in [0.4, 0.5) is 17.6 Å². The molecule has 1 aromatic carbocycles. The summed E-state index contributed by atoms with van der Waals surface area (Å²) < 4.78 is 56.2. The summed E-state index contributed by atoms with van der Waals surface area (Å²) >= 11 is 0. The maximum absolute atomic E-state index is 13.5. The number of hydrogen-bond acceptors (Lipinski definition) is 3. The van der Waals surface area contributed by atoms with Crippen LogP contribution in [0.15, 0.2) is 18.2 Å². The Morgan fingerprint density at radius 2 is 2.05 bits per heavy atom. The fourth-order valence-corrected chi connectivity index (χ4v) is 1.58. The van der Waals surface area contributed by atoms with Gasteiger partial charge in [-0.25, -0.2) is 4.39 Å². The fourth-order valence-electron chi connectivity index (χ4n) is 1.58. The van der Waals surface area contributed by atoms with Crippen molar-refractivity contribution in [1.82, 2.24) is 0 Å². The highest BCUT2D eigenvalue weighted by molar-refractivity contribution is 5.76. The Morgan fingerprint density at radius 3 is 2.58 bits per heavy atom. The molecule has 0 amide bonds. The van der Waals surface area contributed by atoms with E-state index >= 15 is 0 Å². The molecule has 7 heteroatoms. The van der Waals surface area contributed by atoms with Gasteiger partial charge in [0.05, 0.1) is 12.2 Å². The largest absolute Gasteiger partial charge is 0.465 e. The third-order valence-corrected chi connectivity index (χ3v) is 2.44. The maximum Gasteiger partial charge on any atom is 0.416 e. The number of nitrogens with two attached hydrogens (primary N) is 1. The van der Waals surface area contributed by atoms with Crippen molar-refractivity contribution in [1.29, 1.82) is 0 Å². The second-order valence-electron chi connectivity index (χ2n) is 3.83. The standard InChI is InChI=1S/C12H13F4NO2/c1-2-19-11(18)10(17)6-7-8(12(14,15)16)4-3-5-9(7)13/h3-5,10H,2,6,17H2,1H3. The molecule has 0 saturated heterocycles. The van der Waals surface area contributed by atoms with Crippen LogP contribution in [-0.4, -0.2) is 18.6 Å². The average molecular weight is 279 g/mol. The van der Waals surface area contributed by atoms with E-state index in [2.05, 4.69) is 4.74 Å². The van der Waals surface area contributed by atoms with E-state index in [-0.39, 0.29) is 6.61 Å². The van der Waals surface area contributed by atoms with Crippen LogP contribution >= 0.6 is 0 Å². The first-order valence-electron chi connectivity index (χ1n) is 5.54. The molecular formula is C12H13F4NO2. The summed E-state index contributed by atoms with van der Waals surface area (Å²) in [6, 6.07) is 1.26. The zero-order valence-corrected chi connectivity index (χ0v) is 10.1. The zero-order chi connectivity index (χ0) is 14.6. The molecule has 0 fully saturated rings. The van der Waals surface area contributed by atoms with E-state index in [9.17, 15) is 22.4 Å². The third kappa shape index (κ3) is 3.92. The van der Waals surface area contributed by atoms with Crippen molar-refractivity contribution in [3.05, 3.63) is 35.1 Å². The summed E-state index contributed by atoms with van der Waals surface area (Å²) in [5, 5.41) is 0. The van der Waals surface area contributed by atoms with Gasteiger partial charge in [0.1, 0.15) is 11.9 Å². The quantitative estimate of drug-likeness (QED) is 0.679. The summed E-state index contributed by atoms with van der Waals surface area (Å²) in [6.45, 7) is 1.59. The van der Waals surface area contributed by atoms with Crippen LogP contribution in [-0.2, 0) is 22.1 Å². The van der Waals surface area contributed by atoms with Crippen molar-refractivity contribution in [2.24, 2.45) is 5.73 Å². The Morgan fingerprint density at radius 1 is 1.42 bits per heavy atom. The molecular weight excluding hydrogens is 266 g/mol. The number of halogens is 4. The van der Waals surface area contributed by atoms with Gasteiger partial charge in [-0.3, -0.25) is 4.79 Å². The van der Waals surface area contributed by atoms with Gasteiger partial charge < -0.3 is 10.5 Å². The molecule has 0 aliphatic rings. The zero-order valence-electron chi connectivity index (χ0n) is 10.1. The molecule has 1 rings (SSSR count). The SMILES string of the molecule is CCOC(=O)C(N)Cc1c(F)cccc1C(F)(F)F. The van der Waals surface area contributed by atoms with Crippen LogP contribution in [0, 0.1) is 5.82 Å². The predicted molar refractivity (Wildman–Crippen MR) is 59.7 cm³/mol. The molecule has 1 unspecified atom stereocenters. The Labute approximate surface area is 107 Å². The van der Waals surface area contributed by atoms with E-state index in [1.165, 1.54) is 6.92 Å². The summed E-state index contributed by atoms with van der Waals surface area (Å²) in [5.41, 5.74) is 3.65. The van der Waals surface area contributed by atoms with Gasteiger partial charge in [-0.1, -0.05) is 6.07 Å². The highest BCUT2D eigenvalue weighted by Gasteiger charge is 2.35. The summed E-state index contributed by atoms with van der Waals surface area (Å²) in [4.78, 5) is 11.3.